The molecule has 0 aliphatic carbocycles. The molecule has 118 valence electrons. The maximum atomic E-state index is 11.5. The molecule has 0 atom stereocenters. The van der Waals surface area contributed by atoms with Crippen molar-refractivity contribution < 1.29 is 23.1 Å². The minimum atomic E-state index is -3.28. The van der Waals surface area contributed by atoms with Crippen LogP contribution >= 0.6 is 0 Å². The van der Waals surface area contributed by atoms with Crippen LogP contribution in [0.2, 0.25) is 0 Å². The molecule has 0 aromatic rings. The third kappa shape index (κ3) is 6.71. The maximum absolute atomic E-state index is 11.5. The number of amides is 2. The minimum absolute atomic E-state index is 0.0284. The Labute approximate surface area is 119 Å². The minimum Gasteiger partial charge on any atom is -0.481 e. The Morgan fingerprint density at radius 1 is 1.10 bits per heavy atom. The van der Waals surface area contributed by atoms with E-state index in [-0.39, 0.29) is 19.6 Å². The van der Waals surface area contributed by atoms with Gasteiger partial charge in [0.1, 0.15) is 0 Å². The van der Waals surface area contributed by atoms with Gasteiger partial charge in [-0.1, -0.05) is 13.8 Å². The topological polar surface area (TPSA) is 125 Å². The maximum Gasteiger partial charge on any atom is 0.314 e. The predicted molar refractivity (Wildman–Crippen MR) is 74.9 cm³/mol. The number of aliphatic carboxylic acids is 1. The van der Waals surface area contributed by atoms with Gasteiger partial charge in [-0.25, -0.2) is 17.9 Å². The van der Waals surface area contributed by atoms with Crippen molar-refractivity contribution in [3.8, 4) is 0 Å². The van der Waals surface area contributed by atoms with Crippen molar-refractivity contribution in [2.75, 3.05) is 25.9 Å². The van der Waals surface area contributed by atoms with Gasteiger partial charge < -0.3 is 15.7 Å². The first-order chi connectivity index (χ1) is 9.17. The zero-order chi connectivity index (χ0) is 15.8. The fraction of sp³-hybridized carbons (Fsp3) is 0.818. The molecular formula is C11H23N3O5S. The molecule has 0 aromatic carbocycles. The average Bonchev–Trinajstić information content (AvgIpc) is 2.35. The van der Waals surface area contributed by atoms with Crippen LogP contribution in [-0.4, -0.2) is 51.4 Å². The van der Waals surface area contributed by atoms with Crippen LogP contribution in [0.4, 0.5) is 4.79 Å². The number of carbonyl (C=O) groups excluding carboxylic acids is 1. The van der Waals surface area contributed by atoms with Crippen LogP contribution in [0.25, 0.3) is 0 Å². The highest BCUT2D eigenvalue weighted by atomic mass is 32.2. The SMILES string of the molecule is CCC(CC)(CNC(=O)NCCNS(C)(=O)=O)C(=O)O. The number of carboxylic acids is 1. The summed E-state index contributed by atoms with van der Waals surface area (Å²) in [4.78, 5) is 22.7. The quantitative estimate of drug-likeness (QED) is 0.436. The highest BCUT2D eigenvalue weighted by Crippen LogP contribution is 2.25. The molecular weight excluding hydrogens is 286 g/mol. The third-order valence-electron chi connectivity index (χ3n) is 3.17. The van der Waals surface area contributed by atoms with Gasteiger partial charge >= 0.3 is 12.0 Å². The monoisotopic (exact) mass is 309 g/mol. The van der Waals surface area contributed by atoms with Gasteiger partial charge in [-0.2, -0.15) is 0 Å². The number of carboxylic acid groups (broad SMARTS) is 1. The number of urea groups is 1. The first kappa shape index (κ1) is 18.7. The van der Waals surface area contributed by atoms with Crippen molar-refractivity contribution in [1.82, 2.24) is 15.4 Å². The standard InChI is InChI=1S/C11H23N3O5S/c1-4-11(5-2,9(15)16)8-13-10(17)12-6-7-14-20(3,18)19/h14H,4-8H2,1-3H3,(H,15,16)(H2,12,13,17). The molecule has 0 rings (SSSR count). The Bertz CT molecular complexity index is 431. The van der Waals surface area contributed by atoms with Crippen molar-refractivity contribution >= 4 is 22.0 Å². The van der Waals surface area contributed by atoms with Gasteiger partial charge in [0.05, 0.1) is 11.7 Å². The second kappa shape index (κ2) is 8.05. The van der Waals surface area contributed by atoms with E-state index in [4.69, 9.17) is 0 Å². The lowest BCUT2D eigenvalue weighted by molar-refractivity contribution is -0.149. The van der Waals surface area contributed by atoms with Gasteiger partial charge in [-0.05, 0) is 12.8 Å². The molecule has 0 radical (unpaired) electrons. The normalized spacial score (nSPS) is 11.9. The summed E-state index contributed by atoms with van der Waals surface area (Å²) in [6, 6.07) is -0.521. The second-order valence-electron chi connectivity index (χ2n) is 4.57. The summed E-state index contributed by atoms with van der Waals surface area (Å²) < 4.78 is 23.8. The Balaban J connectivity index is 4.12. The van der Waals surface area contributed by atoms with Crippen LogP contribution in [0.15, 0.2) is 0 Å². The molecule has 0 spiro atoms. The van der Waals surface area contributed by atoms with Gasteiger partial charge in [0.15, 0.2) is 0 Å². The lowest BCUT2D eigenvalue weighted by atomic mass is 9.82. The van der Waals surface area contributed by atoms with E-state index in [9.17, 15) is 23.1 Å². The Kier molecular flexibility index (Phi) is 7.51. The number of hydrogen-bond acceptors (Lipinski definition) is 4. The molecule has 0 fully saturated rings. The van der Waals surface area contributed by atoms with Crippen molar-refractivity contribution in [1.29, 1.82) is 0 Å². The molecule has 0 aromatic heterocycles. The van der Waals surface area contributed by atoms with Crippen LogP contribution in [0, 0.1) is 5.41 Å². The van der Waals surface area contributed by atoms with Crippen LogP contribution in [0.1, 0.15) is 26.7 Å². The van der Waals surface area contributed by atoms with E-state index in [0.29, 0.717) is 12.8 Å². The Morgan fingerprint density at radius 2 is 1.65 bits per heavy atom. The summed E-state index contributed by atoms with van der Waals surface area (Å²) in [5, 5.41) is 14.1. The lowest BCUT2D eigenvalue weighted by Crippen LogP contribution is -2.47. The summed E-state index contributed by atoms with van der Waals surface area (Å²) >= 11 is 0. The molecule has 0 aliphatic rings. The summed E-state index contributed by atoms with van der Waals surface area (Å²) in [5.74, 6) is -0.943. The van der Waals surface area contributed by atoms with Crippen LogP contribution in [0.3, 0.4) is 0 Å². The number of carbonyl (C=O) groups is 2. The molecule has 0 heterocycles. The average molecular weight is 309 g/mol. The van der Waals surface area contributed by atoms with Gasteiger partial charge in [0, 0.05) is 19.6 Å². The summed E-state index contributed by atoms with van der Waals surface area (Å²) in [6.07, 6.45) is 1.85. The molecule has 4 N–H and O–H groups in total. The molecule has 9 heteroatoms. The molecule has 0 bridgehead atoms. The first-order valence-electron chi connectivity index (χ1n) is 6.36. The van der Waals surface area contributed by atoms with E-state index < -0.39 is 27.4 Å². The Hall–Kier alpha value is -1.35. The molecule has 0 saturated heterocycles. The van der Waals surface area contributed by atoms with Crippen LogP contribution in [-0.2, 0) is 14.8 Å². The Morgan fingerprint density at radius 3 is 2.05 bits per heavy atom. The smallest absolute Gasteiger partial charge is 0.314 e. The highest BCUT2D eigenvalue weighted by molar-refractivity contribution is 7.88. The van der Waals surface area contributed by atoms with Gasteiger partial charge in [0.2, 0.25) is 10.0 Å². The van der Waals surface area contributed by atoms with E-state index in [0.717, 1.165) is 6.26 Å². The third-order valence-corrected chi connectivity index (χ3v) is 3.90. The number of nitrogens with one attached hydrogen (secondary N) is 3. The van der Waals surface area contributed by atoms with E-state index in [1.165, 1.54) is 0 Å². The first-order valence-corrected chi connectivity index (χ1v) is 8.25. The van der Waals surface area contributed by atoms with E-state index >= 15 is 0 Å². The van der Waals surface area contributed by atoms with Crippen molar-refractivity contribution in [3.63, 3.8) is 0 Å². The molecule has 20 heavy (non-hydrogen) atoms. The van der Waals surface area contributed by atoms with Crippen molar-refractivity contribution in [2.24, 2.45) is 5.41 Å². The molecule has 0 unspecified atom stereocenters. The number of rotatable bonds is 9. The highest BCUT2D eigenvalue weighted by Gasteiger charge is 2.35. The largest absolute Gasteiger partial charge is 0.481 e. The lowest BCUT2D eigenvalue weighted by Gasteiger charge is -2.26. The van der Waals surface area contributed by atoms with E-state index in [1.54, 1.807) is 13.8 Å². The van der Waals surface area contributed by atoms with Gasteiger partial charge in [-0.15, -0.1) is 0 Å². The fourth-order valence-electron chi connectivity index (χ4n) is 1.60. The summed E-state index contributed by atoms with van der Waals surface area (Å²) in [6.45, 7) is 3.75. The predicted octanol–water partition coefficient (Wildman–Crippen LogP) is -0.274. The van der Waals surface area contributed by atoms with E-state index in [1.807, 2.05) is 0 Å². The molecule has 2 amide bonds. The summed E-state index contributed by atoms with van der Waals surface area (Å²) in [7, 11) is -3.28. The second-order valence-corrected chi connectivity index (χ2v) is 6.40. The molecule has 0 saturated carbocycles. The van der Waals surface area contributed by atoms with E-state index in [2.05, 4.69) is 15.4 Å². The molecule has 0 aliphatic heterocycles. The number of sulfonamides is 1. The molecule has 8 nitrogen and oxygen atoms in total. The van der Waals surface area contributed by atoms with Crippen molar-refractivity contribution in [3.05, 3.63) is 0 Å². The van der Waals surface area contributed by atoms with Gasteiger partial charge in [-0.3, -0.25) is 4.79 Å². The van der Waals surface area contributed by atoms with Crippen LogP contribution < -0.4 is 15.4 Å². The van der Waals surface area contributed by atoms with Crippen molar-refractivity contribution in [2.45, 2.75) is 26.7 Å². The van der Waals surface area contributed by atoms with Crippen LogP contribution in [0.5, 0.6) is 0 Å². The fourth-order valence-corrected chi connectivity index (χ4v) is 2.08. The van der Waals surface area contributed by atoms with Gasteiger partial charge in [0.25, 0.3) is 0 Å². The summed E-state index contributed by atoms with van der Waals surface area (Å²) in [5.41, 5.74) is -0.970. The zero-order valence-electron chi connectivity index (χ0n) is 12.0. The zero-order valence-corrected chi connectivity index (χ0v) is 12.8. The number of hydrogen-bond donors (Lipinski definition) is 4.